The maximum absolute atomic E-state index is 2.52. The number of fused-ring (bicyclic) bond motifs is 9. The first-order chi connectivity index (χ1) is 34.2. The molecule has 1 nitrogen and oxygen atoms in total. The van der Waals surface area contributed by atoms with E-state index >= 15 is 0 Å². The second-order valence-electron chi connectivity index (χ2n) is 18.3. The monoisotopic (exact) mass is 877 g/mol. The van der Waals surface area contributed by atoms with Gasteiger partial charge in [0.1, 0.15) is 0 Å². The van der Waals surface area contributed by atoms with Gasteiger partial charge in [-0.25, -0.2) is 0 Å². The quantitative estimate of drug-likeness (QED) is 0.147. The summed E-state index contributed by atoms with van der Waals surface area (Å²) in [5, 5.41) is 0. The highest BCUT2D eigenvalue weighted by atomic mass is 15.1. The standard InChI is InChI=1S/C68H47N/c1-6-23-48(24-7-1)51-41-43-56(44-42-51)69(57-46-52(49-25-8-2-9-26-49)45-53(47-57)50-27-10-3-11-28-50)65-40-22-39-64-66(65)58-33-16-17-34-59(58)68(64)62-37-20-18-35-60(62)67(54-29-12-4-13-30-54,55-31-14-5-15-32-55)61-36-19-21-38-63(61)68/h1-47H. The number of anilines is 3. The fraction of sp³-hybridized carbons (Fsp3) is 0.0294. The molecule has 2 aliphatic rings. The average Bonchev–Trinajstić information content (AvgIpc) is 3.74. The van der Waals surface area contributed by atoms with Crippen molar-refractivity contribution >= 4 is 17.1 Å². The van der Waals surface area contributed by atoms with E-state index in [2.05, 4.69) is 290 Å². The van der Waals surface area contributed by atoms with Crippen LogP contribution in [0.15, 0.2) is 285 Å². The van der Waals surface area contributed by atoms with E-state index < -0.39 is 10.8 Å². The van der Waals surface area contributed by atoms with Crippen molar-refractivity contribution in [2.24, 2.45) is 0 Å². The summed E-state index contributed by atoms with van der Waals surface area (Å²) in [5.74, 6) is 0. The Kier molecular flexibility index (Phi) is 9.70. The molecule has 1 heteroatoms. The third kappa shape index (κ3) is 6.24. The minimum absolute atomic E-state index is 0.575. The van der Waals surface area contributed by atoms with Gasteiger partial charge < -0.3 is 4.90 Å². The number of rotatable bonds is 8. The molecule has 0 heterocycles. The number of nitrogens with zero attached hydrogens (tertiary/aromatic N) is 1. The predicted molar refractivity (Wildman–Crippen MR) is 287 cm³/mol. The van der Waals surface area contributed by atoms with E-state index in [1.807, 2.05) is 0 Å². The summed E-state index contributed by atoms with van der Waals surface area (Å²) < 4.78 is 0. The molecule has 11 aromatic rings. The molecular weight excluding hydrogens is 831 g/mol. The number of hydrogen-bond acceptors (Lipinski definition) is 1. The van der Waals surface area contributed by atoms with E-state index in [-0.39, 0.29) is 0 Å². The SMILES string of the molecule is c1ccc(-c2ccc(N(c3cc(-c4ccccc4)cc(-c4ccccc4)c3)c3cccc4c3-c3ccccc3C43c4ccccc4C(c4ccccc4)(c4ccccc4)c4ccccc43)cc2)cc1. The van der Waals surface area contributed by atoms with Crippen molar-refractivity contribution in [2.75, 3.05) is 4.90 Å². The van der Waals surface area contributed by atoms with Crippen LogP contribution >= 0.6 is 0 Å². The van der Waals surface area contributed by atoms with Gasteiger partial charge >= 0.3 is 0 Å². The molecule has 69 heavy (non-hydrogen) atoms. The lowest BCUT2D eigenvalue weighted by Gasteiger charge is -2.50. The molecule has 0 atom stereocenters. The largest absolute Gasteiger partial charge is 0.310 e. The topological polar surface area (TPSA) is 3.24 Å². The molecule has 0 aromatic heterocycles. The summed E-state index contributed by atoms with van der Waals surface area (Å²) in [6.45, 7) is 0. The first-order valence-electron chi connectivity index (χ1n) is 24.0. The van der Waals surface area contributed by atoms with Gasteiger partial charge in [-0.2, -0.15) is 0 Å². The van der Waals surface area contributed by atoms with E-state index in [0.29, 0.717) is 0 Å². The second kappa shape index (κ2) is 16.5. The summed E-state index contributed by atoms with van der Waals surface area (Å²) in [6.07, 6.45) is 0. The Morgan fingerprint density at radius 1 is 0.232 bits per heavy atom. The molecule has 0 radical (unpaired) electrons. The van der Waals surface area contributed by atoms with Gasteiger partial charge in [0.2, 0.25) is 0 Å². The third-order valence-electron chi connectivity index (χ3n) is 14.8. The molecule has 324 valence electrons. The Bertz CT molecular complexity index is 3490. The highest BCUT2D eigenvalue weighted by Gasteiger charge is 2.57. The molecule has 0 unspecified atom stereocenters. The fourth-order valence-corrected chi connectivity index (χ4v) is 12.0. The van der Waals surface area contributed by atoms with Crippen LogP contribution in [0, 0.1) is 0 Å². The van der Waals surface area contributed by atoms with Gasteiger partial charge in [0.15, 0.2) is 0 Å². The molecule has 13 rings (SSSR count). The maximum Gasteiger partial charge on any atom is 0.0720 e. The van der Waals surface area contributed by atoms with Gasteiger partial charge in [-0.05, 0) is 120 Å². The second-order valence-corrected chi connectivity index (χ2v) is 18.3. The summed E-state index contributed by atoms with van der Waals surface area (Å²) in [7, 11) is 0. The van der Waals surface area contributed by atoms with Crippen molar-refractivity contribution in [2.45, 2.75) is 10.8 Å². The molecule has 0 bridgehead atoms. The number of benzene rings is 11. The third-order valence-corrected chi connectivity index (χ3v) is 14.8. The van der Waals surface area contributed by atoms with Crippen LogP contribution in [0.25, 0.3) is 44.5 Å². The smallest absolute Gasteiger partial charge is 0.0720 e. The molecule has 11 aromatic carbocycles. The molecule has 0 saturated heterocycles. The van der Waals surface area contributed by atoms with Crippen molar-refractivity contribution in [3.05, 3.63) is 330 Å². The van der Waals surface area contributed by atoms with Crippen molar-refractivity contribution in [1.29, 1.82) is 0 Å². The Balaban J connectivity index is 1.12. The molecule has 1 spiro atoms. The zero-order chi connectivity index (χ0) is 45.8. The Morgan fingerprint density at radius 2 is 0.609 bits per heavy atom. The first kappa shape index (κ1) is 40.5. The Hall–Kier alpha value is -8.78. The minimum Gasteiger partial charge on any atom is -0.310 e. The van der Waals surface area contributed by atoms with Gasteiger partial charge in [-0.15, -0.1) is 0 Å². The van der Waals surface area contributed by atoms with Crippen LogP contribution in [-0.4, -0.2) is 0 Å². The van der Waals surface area contributed by atoms with Crippen LogP contribution in [-0.2, 0) is 10.8 Å². The van der Waals surface area contributed by atoms with E-state index in [0.717, 1.165) is 28.2 Å². The van der Waals surface area contributed by atoms with Crippen LogP contribution in [0.1, 0.15) is 44.5 Å². The van der Waals surface area contributed by atoms with Crippen molar-refractivity contribution in [3.63, 3.8) is 0 Å². The van der Waals surface area contributed by atoms with Crippen molar-refractivity contribution in [1.82, 2.24) is 0 Å². The Labute approximate surface area is 404 Å². The lowest BCUT2D eigenvalue weighted by Crippen LogP contribution is -2.44. The first-order valence-corrected chi connectivity index (χ1v) is 24.0. The van der Waals surface area contributed by atoms with Gasteiger partial charge in [0, 0.05) is 16.9 Å². The van der Waals surface area contributed by atoms with Crippen molar-refractivity contribution in [3.8, 4) is 44.5 Å². The lowest BCUT2D eigenvalue weighted by molar-refractivity contribution is 0.623. The van der Waals surface area contributed by atoms with Crippen LogP contribution in [0.3, 0.4) is 0 Å². The molecule has 0 aliphatic heterocycles. The molecule has 2 aliphatic carbocycles. The fourth-order valence-electron chi connectivity index (χ4n) is 12.0. The van der Waals surface area contributed by atoms with E-state index in [1.165, 1.54) is 77.9 Å². The summed E-state index contributed by atoms with van der Waals surface area (Å²) in [6, 6.07) is 106. The zero-order valence-electron chi connectivity index (χ0n) is 38.1. The maximum atomic E-state index is 2.52. The zero-order valence-corrected chi connectivity index (χ0v) is 38.1. The van der Waals surface area contributed by atoms with Gasteiger partial charge in [0.05, 0.1) is 16.5 Å². The Morgan fingerprint density at radius 3 is 1.10 bits per heavy atom. The van der Waals surface area contributed by atoms with Gasteiger partial charge in [-0.1, -0.05) is 249 Å². The van der Waals surface area contributed by atoms with Crippen LogP contribution in [0.2, 0.25) is 0 Å². The molecular formula is C68H47N. The minimum atomic E-state index is -0.633. The predicted octanol–water partition coefficient (Wildman–Crippen LogP) is 17.2. The van der Waals surface area contributed by atoms with Crippen molar-refractivity contribution < 1.29 is 0 Å². The molecule has 0 N–H and O–H groups in total. The van der Waals surface area contributed by atoms with Crippen LogP contribution in [0.5, 0.6) is 0 Å². The summed E-state index contributed by atoms with van der Waals surface area (Å²) in [5.41, 5.74) is 21.9. The van der Waals surface area contributed by atoms with Gasteiger partial charge in [0.25, 0.3) is 0 Å². The van der Waals surface area contributed by atoms with Gasteiger partial charge in [-0.3, -0.25) is 0 Å². The van der Waals surface area contributed by atoms with Crippen LogP contribution in [0.4, 0.5) is 17.1 Å². The van der Waals surface area contributed by atoms with E-state index in [1.54, 1.807) is 0 Å². The normalized spacial score (nSPS) is 13.4. The molecule has 0 saturated carbocycles. The highest BCUT2D eigenvalue weighted by Crippen LogP contribution is 2.66. The highest BCUT2D eigenvalue weighted by molar-refractivity contribution is 5.99. The average molecular weight is 878 g/mol. The summed E-state index contributed by atoms with van der Waals surface area (Å²) >= 11 is 0. The lowest BCUT2D eigenvalue weighted by atomic mass is 9.51. The van der Waals surface area contributed by atoms with E-state index in [4.69, 9.17) is 0 Å². The van der Waals surface area contributed by atoms with E-state index in [9.17, 15) is 0 Å². The summed E-state index contributed by atoms with van der Waals surface area (Å²) in [4.78, 5) is 2.52. The number of hydrogen-bond donors (Lipinski definition) is 0. The molecule has 0 amide bonds. The molecule has 0 fully saturated rings. The van der Waals surface area contributed by atoms with Crippen LogP contribution < -0.4 is 4.90 Å².